The van der Waals surface area contributed by atoms with E-state index in [1.807, 2.05) is 12.1 Å². The second kappa shape index (κ2) is 3.94. The molecule has 0 fully saturated rings. The Kier molecular flexibility index (Phi) is 2.64. The molecule has 0 amide bonds. The number of carbonyl (C=O) groups is 1. The summed E-state index contributed by atoms with van der Waals surface area (Å²) >= 11 is 3.33. The molecule has 0 aliphatic carbocycles. The quantitative estimate of drug-likeness (QED) is 0.783. The van der Waals surface area contributed by atoms with E-state index < -0.39 is 0 Å². The monoisotopic (exact) mass is 265 g/mol. The minimum Gasteiger partial charge on any atom is -0.294 e. The summed E-state index contributed by atoms with van der Waals surface area (Å²) in [7, 11) is 0. The lowest BCUT2D eigenvalue weighted by atomic mass is 10.1. The summed E-state index contributed by atoms with van der Waals surface area (Å²) < 4.78 is 2.44. The van der Waals surface area contributed by atoms with Crippen molar-refractivity contribution in [1.82, 2.24) is 14.8 Å². The van der Waals surface area contributed by atoms with Crippen LogP contribution in [0.2, 0.25) is 0 Å². The molecular weight excluding hydrogens is 258 g/mol. The number of hydrogen-bond acceptors (Lipinski definition) is 3. The van der Waals surface area contributed by atoms with E-state index in [0.29, 0.717) is 5.56 Å². The van der Waals surface area contributed by atoms with Crippen molar-refractivity contribution in [2.24, 2.45) is 0 Å². The van der Waals surface area contributed by atoms with E-state index in [1.54, 1.807) is 17.1 Å². The van der Waals surface area contributed by atoms with Crippen LogP contribution in [-0.4, -0.2) is 20.5 Å². The van der Waals surface area contributed by atoms with Gasteiger partial charge in [-0.15, -0.1) is 0 Å². The Bertz CT molecular complexity index is 493. The highest BCUT2D eigenvalue weighted by atomic mass is 79.9. The number of nitrogens with zero attached hydrogens (tertiary/aromatic N) is 3. The van der Waals surface area contributed by atoms with Gasteiger partial charge in [0.25, 0.3) is 0 Å². The van der Waals surface area contributed by atoms with Crippen molar-refractivity contribution >= 4 is 21.7 Å². The van der Waals surface area contributed by atoms with Crippen LogP contribution in [0.5, 0.6) is 0 Å². The number of ketones is 1. The molecule has 4 nitrogen and oxygen atoms in total. The Morgan fingerprint density at radius 2 is 2.27 bits per heavy atom. The zero-order chi connectivity index (χ0) is 10.8. The van der Waals surface area contributed by atoms with Crippen molar-refractivity contribution < 1.29 is 4.79 Å². The molecule has 0 unspecified atom stereocenters. The molecule has 0 radical (unpaired) electrons. The minimum atomic E-state index is 0.00167. The van der Waals surface area contributed by atoms with E-state index in [1.165, 1.54) is 13.3 Å². The predicted molar refractivity (Wildman–Crippen MR) is 59.1 cm³/mol. The third-order valence-corrected chi connectivity index (χ3v) is 2.50. The Balaban J connectivity index is 2.61. The van der Waals surface area contributed by atoms with E-state index >= 15 is 0 Å². The van der Waals surface area contributed by atoms with Crippen molar-refractivity contribution in [3.8, 4) is 5.69 Å². The van der Waals surface area contributed by atoms with Gasteiger partial charge in [-0.05, 0) is 25.1 Å². The van der Waals surface area contributed by atoms with Gasteiger partial charge in [-0.3, -0.25) is 4.79 Å². The lowest BCUT2D eigenvalue weighted by molar-refractivity contribution is 0.101. The predicted octanol–water partition coefficient (Wildman–Crippen LogP) is 2.23. The highest BCUT2D eigenvalue weighted by molar-refractivity contribution is 9.10. The van der Waals surface area contributed by atoms with Gasteiger partial charge in [-0.2, -0.15) is 5.10 Å². The van der Waals surface area contributed by atoms with Crippen LogP contribution in [0.4, 0.5) is 0 Å². The third kappa shape index (κ3) is 1.97. The SMILES string of the molecule is CC(=O)c1cc(Br)ccc1-n1cncn1. The highest BCUT2D eigenvalue weighted by Gasteiger charge is 2.09. The summed E-state index contributed by atoms with van der Waals surface area (Å²) in [6.45, 7) is 1.53. The number of Topliss-reactive ketones (excluding diaryl/α,β-unsaturated/α-hetero) is 1. The smallest absolute Gasteiger partial charge is 0.162 e. The Morgan fingerprint density at radius 1 is 1.47 bits per heavy atom. The maximum Gasteiger partial charge on any atom is 0.162 e. The number of halogens is 1. The first kappa shape index (κ1) is 10.0. The van der Waals surface area contributed by atoms with E-state index in [2.05, 4.69) is 26.0 Å². The molecule has 0 saturated carbocycles. The van der Waals surface area contributed by atoms with Crippen molar-refractivity contribution in [3.05, 3.63) is 40.9 Å². The van der Waals surface area contributed by atoms with Gasteiger partial charge < -0.3 is 0 Å². The van der Waals surface area contributed by atoms with Crippen LogP contribution in [0.25, 0.3) is 5.69 Å². The maximum absolute atomic E-state index is 11.4. The molecule has 1 aromatic heterocycles. The highest BCUT2D eigenvalue weighted by Crippen LogP contribution is 2.19. The summed E-state index contributed by atoms with van der Waals surface area (Å²) in [6, 6.07) is 5.47. The first-order chi connectivity index (χ1) is 7.18. The molecule has 0 spiro atoms. The zero-order valence-corrected chi connectivity index (χ0v) is 9.60. The van der Waals surface area contributed by atoms with Crippen molar-refractivity contribution in [2.75, 3.05) is 0 Å². The van der Waals surface area contributed by atoms with Gasteiger partial charge >= 0.3 is 0 Å². The normalized spacial score (nSPS) is 10.3. The molecule has 0 aliphatic heterocycles. The Labute approximate surface area is 95.1 Å². The van der Waals surface area contributed by atoms with Crippen LogP contribution in [0.15, 0.2) is 35.3 Å². The molecule has 0 bridgehead atoms. The molecule has 0 N–H and O–H groups in total. The Morgan fingerprint density at radius 3 is 2.87 bits per heavy atom. The first-order valence-corrected chi connectivity index (χ1v) is 5.13. The summed E-state index contributed by atoms with van der Waals surface area (Å²) in [5, 5.41) is 4.00. The fraction of sp³-hybridized carbons (Fsp3) is 0.100. The molecule has 15 heavy (non-hydrogen) atoms. The van der Waals surface area contributed by atoms with Crippen LogP contribution in [0.3, 0.4) is 0 Å². The number of rotatable bonds is 2. The van der Waals surface area contributed by atoms with Crippen LogP contribution in [0, 0.1) is 0 Å². The molecule has 1 aromatic carbocycles. The van der Waals surface area contributed by atoms with Crippen molar-refractivity contribution in [2.45, 2.75) is 6.92 Å². The lowest BCUT2D eigenvalue weighted by Crippen LogP contribution is -2.03. The zero-order valence-electron chi connectivity index (χ0n) is 8.01. The largest absolute Gasteiger partial charge is 0.294 e. The molecule has 2 rings (SSSR count). The van der Waals surface area contributed by atoms with E-state index in [9.17, 15) is 4.79 Å². The van der Waals surface area contributed by atoms with E-state index in [4.69, 9.17) is 0 Å². The fourth-order valence-electron chi connectivity index (χ4n) is 1.32. The second-order valence-corrected chi connectivity index (χ2v) is 3.97. The van der Waals surface area contributed by atoms with Crippen LogP contribution < -0.4 is 0 Å². The Hall–Kier alpha value is -1.49. The molecular formula is C10H8BrN3O. The number of benzene rings is 1. The number of carbonyl (C=O) groups excluding carboxylic acids is 1. The molecule has 5 heteroatoms. The average Bonchev–Trinajstić information content (AvgIpc) is 2.70. The number of hydrogen-bond donors (Lipinski definition) is 0. The summed E-state index contributed by atoms with van der Waals surface area (Å²) in [5.41, 5.74) is 1.36. The van der Waals surface area contributed by atoms with Crippen LogP contribution in [-0.2, 0) is 0 Å². The lowest BCUT2D eigenvalue weighted by Gasteiger charge is -2.06. The standard InChI is InChI=1S/C10H8BrN3O/c1-7(15)9-4-8(11)2-3-10(9)14-6-12-5-13-14/h2-6H,1H3. The van der Waals surface area contributed by atoms with Gasteiger partial charge in [0.1, 0.15) is 12.7 Å². The van der Waals surface area contributed by atoms with Gasteiger partial charge in [0, 0.05) is 10.0 Å². The summed E-state index contributed by atoms with van der Waals surface area (Å²) in [5.74, 6) is 0.00167. The van der Waals surface area contributed by atoms with Crippen molar-refractivity contribution in [1.29, 1.82) is 0 Å². The van der Waals surface area contributed by atoms with Gasteiger partial charge in [0.05, 0.1) is 5.69 Å². The van der Waals surface area contributed by atoms with Gasteiger partial charge in [0.2, 0.25) is 0 Å². The molecule has 0 aliphatic rings. The molecule has 0 saturated heterocycles. The molecule has 0 atom stereocenters. The summed E-state index contributed by atoms with van der Waals surface area (Å²) in [4.78, 5) is 15.3. The topological polar surface area (TPSA) is 47.8 Å². The van der Waals surface area contributed by atoms with Gasteiger partial charge in [-0.25, -0.2) is 9.67 Å². The second-order valence-electron chi connectivity index (χ2n) is 3.06. The molecule has 76 valence electrons. The van der Waals surface area contributed by atoms with E-state index in [0.717, 1.165) is 10.2 Å². The average molecular weight is 266 g/mol. The molecule has 1 heterocycles. The molecule has 2 aromatic rings. The van der Waals surface area contributed by atoms with Crippen LogP contribution in [0.1, 0.15) is 17.3 Å². The number of aromatic nitrogens is 3. The summed E-state index contributed by atoms with van der Waals surface area (Å²) in [6.07, 6.45) is 3.00. The maximum atomic E-state index is 11.4. The minimum absolute atomic E-state index is 0.00167. The van der Waals surface area contributed by atoms with E-state index in [-0.39, 0.29) is 5.78 Å². The van der Waals surface area contributed by atoms with Crippen molar-refractivity contribution in [3.63, 3.8) is 0 Å². The van der Waals surface area contributed by atoms with Crippen LogP contribution >= 0.6 is 15.9 Å². The van der Waals surface area contributed by atoms with Gasteiger partial charge in [0.15, 0.2) is 5.78 Å². The fourth-order valence-corrected chi connectivity index (χ4v) is 1.68. The van der Waals surface area contributed by atoms with Gasteiger partial charge in [-0.1, -0.05) is 15.9 Å². The third-order valence-electron chi connectivity index (χ3n) is 2.00. The first-order valence-electron chi connectivity index (χ1n) is 4.34.